The van der Waals surface area contributed by atoms with Gasteiger partial charge in [-0.1, -0.05) is 0 Å². The number of aromatic nitrogens is 4. The second-order valence-corrected chi connectivity index (χ2v) is 8.52. The van der Waals surface area contributed by atoms with Crippen molar-refractivity contribution < 1.29 is 31.1 Å². The Kier molecular flexibility index (Phi) is 6.22. The smallest absolute Gasteiger partial charge is 0.391 e. The number of nitrogens with two attached hydrogens (primary N) is 1. The maximum absolute atomic E-state index is 14.3. The van der Waals surface area contributed by atoms with Crippen LogP contribution < -0.4 is 10.5 Å². The van der Waals surface area contributed by atoms with Crippen molar-refractivity contribution in [3.63, 3.8) is 0 Å². The predicted octanol–water partition coefficient (Wildman–Crippen LogP) is 2.83. The van der Waals surface area contributed by atoms with Gasteiger partial charge in [-0.15, -0.1) is 0 Å². The molecule has 2 heterocycles. The SMILES string of the molecule is C[C@H](O)[C@@H](C)n1cc(-c2nc(Nc3ccc(S(N)(=O)=O)cc3F)ncc2C(F)(F)F)cn1. The van der Waals surface area contributed by atoms with E-state index in [4.69, 9.17) is 5.14 Å². The third kappa shape index (κ3) is 5.03. The summed E-state index contributed by atoms with van der Waals surface area (Å²) in [4.78, 5) is 6.98. The van der Waals surface area contributed by atoms with Gasteiger partial charge in [0.25, 0.3) is 0 Å². The lowest BCUT2D eigenvalue weighted by Gasteiger charge is -2.15. The molecule has 2 atom stereocenters. The molecule has 3 aromatic rings. The molecule has 2 aromatic heterocycles. The van der Waals surface area contributed by atoms with Crippen molar-refractivity contribution in [1.82, 2.24) is 19.7 Å². The molecule has 4 N–H and O–H groups in total. The van der Waals surface area contributed by atoms with Gasteiger partial charge in [0.15, 0.2) is 0 Å². The monoisotopic (exact) mass is 474 g/mol. The number of anilines is 2. The molecular formula is C18H18F4N6O3S. The average molecular weight is 474 g/mol. The lowest BCUT2D eigenvalue weighted by molar-refractivity contribution is -0.137. The molecule has 3 rings (SSSR count). The molecule has 14 heteroatoms. The van der Waals surface area contributed by atoms with Gasteiger partial charge in [0.1, 0.15) is 11.4 Å². The van der Waals surface area contributed by atoms with E-state index in [0.717, 1.165) is 18.3 Å². The molecule has 172 valence electrons. The maximum atomic E-state index is 14.3. The molecule has 32 heavy (non-hydrogen) atoms. The van der Waals surface area contributed by atoms with Crippen LogP contribution in [-0.2, 0) is 16.2 Å². The van der Waals surface area contributed by atoms with Crippen LogP contribution in [0.3, 0.4) is 0 Å². The minimum atomic E-state index is -4.78. The van der Waals surface area contributed by atoms with Crippen LogP contribution in [0.4, 0.5) is 29.2 Å². The summed E-state index contributed by atoms with van der Waals surface area (Å²) >= 11 is 0. The van der Waals surface area contributed by atoms with Gasteiger partial charge in [-0.25, -0.2) is 27.9 Å². The summed E-state index contributed by atoms with van der Waals surface area (Å²) in [7, 11) is -4.14. The number of sulfonamides is 1. The number of rotatable bonds is 6. The summed E-state index contributed by atoms with van der Waals surface area (Å²) < 4.78 is 78.7. The Balaban J connectivity index is 2.02. The van der Waals surface area contributed by atoms with Gasteiger partial charge in [-0.05, 0) is 32.0 Å². The molecule has 9 nitrogen and oxygen atoms in total. The molecule has 0 aliphatic heterocycles. The fraction of sp³-hybridized carbons (Fsp3) is 0.278. The van der Waals surface area contributed by atoms with E-state index in [1.165, 1.54) is 17.8 Å². The number of hydrogen-bond donors (Lipinski definition) is 3. The van der Waals surface area contributed by atoms with Gasteiger partial charge >= 0.3 is 6.18 Å². The summed E-state index contributed by atoms with van der Waals surface area (Å²) in [5, 5.41) is 21.0. The zero-order valence-corrected chi connectivity index (χ0v) is 17.5. The molecule has 0 spiro atoms. The Hall–Kier alpha value is -3.10. The number of primary sulfonamides is 1. The van der Waals surface area contributed by atoms with E-state index in [1.807, 2.05) is 0 Å². The number of alkyl halides is 3. The zero-order valence-electron chi connectivity index (χ0n) is 16.7. The molecule has 0 saturated carbocycles. The fourth-order valence-corrected chi connectivity index (χ4v) is 3.19. The quantitative estimate of drug-likeness (QED) is 0.468. The van der Waals surface area contributed by atoms with Crippen molar-refractivity contribution in [3.8, 4) is 11.3 Å². The van der Waals surface area contributed by atoms with Crippen LogP contribution in [-0.4, -0.2) is 39.4 Å². The summed E-state index contributed by atoms with van der Waals surface area (Å²) in [6.07, 6.45) is -2.61. The van der Waals surface area contributed by atoms with Crippen molar-refractivity contribution >= 4 is 21.7 Å². The number of benzene rings is 1. The normalized spacial score (nSPS) is 14.2. The van der Waals surface area contributed by atoms with Crippen LogP contribution in [0.2, 0.25) is 0 Å². The van der Waals surface area contributed by atoms with E-state index < -0.39 is 50.3 Å². The van der Waals surface area contributed by atoms with Gasteiger partial charge in [0.05, 0.1) is 34.6 Å². The molecule has 0 aliphatic rings. The minimum absolute atomic E-state index is 0.000296. The number of halogens is 4. The third-order valence-electron chi connectivity index (χ3n) is 4.60. The van der Waals surface area contributed by atoms with Crippen LogP contribution >= 0.6 is 0 Å². The molecule has 0 bridgehead atoms. The van der Waals surface area contributed by atoms with Gasteiger partial charge in [-0.2, -0.15) is 18.3 Å². The Labute approximate surface area is 180 Å². The van der Waals surface area contributed by atoms with E-state index in [9.17, 15) is 31.1 Å². The second kappa shape index (κ2) is 8.44. The van der Waals surface area contributed by atoms with Gasteiger partial charge in [0.2, 0.25) is 16.0 Å². The Morgan fingerprint density at radius 3 is 2.47 bits per heavy atom. The predicted molar refractivity (Wildman–Crippen MR) is 106 cm³/mol. The highest BCUT2D eigenvalue weighted by molar-refractivity contribution is 7.89. The second-order valence-electron chi connectivity index (χ2n) is 6.96. The number of hydrogen-bond acceptors (Lipinski definition) is 7. The Morgan fingerprint density at radius 2 is 1.91 bits per heavy atom. The van der Waals surface area contributed by atoms with Crippen LogP contribution in [0.5, 0.6) is 0 Å². The van der Waals surface area contributed by atoms with Gasteiger partial charge in [-0.3, -0.25) is 4.68 Å². The zero-order chi connectivity index (χ0) is 23.8. The molecule has 0 saturated heterocycles. The molecule has 0 aliphatic carbocycles. The Bertz CT molecular complexity index is 1240. The fourth-order valence-electron chi connectivity index (χ4n) is 2.67. The van der Waals surface area contributed by atoms with Crippen LogP contribution in [0, 0.1) is 5.82 Å². The lowest BCUT2D eigenvalue weighted by Crippen LogP contribution is -2.18. The van der Waals surface area contributed by atoms with E-state index in [-0.39, 0.29) is 17.2 Å². The van der Waals surface area contributed by atoms with Gasteiger partial charge < -0.3 is 10.4 Å². The maximum Gasteiger partial charge on any atom is 0.419 e. The van der Waals surface area contributed by atoms with E-state index in [0.29, 0.717) is 12.3 Å². The molecule has 0 radical (unpaired) electrons. The summed E-state index contributed by atoms with van der Waals surface area (Å²) in [5.41, 5.74) is -1.93. The van der Waals surface area contributed by atoms with E-state index >= 15 is 0 Å². The van der Waals surface area contributed by atoms with E-state index in [1.54, 1.807) is 6.92 Å². The molecular weight excluding hydrogens is 456 g/mol. The topological polar surface area (TPSA) is 136 Å². The first-order valence-corrected chi connectivity index (χ1v) is 10.6. The standard InChI is InChI=1S/C18H18F4N6O3S/c1-9(10(2)29)28-8-11(6-25-28)16-13(18(20,21)22)7-24-17(27-16)26-15-4-3-12(5-14(15)19)32(23,30)31/h3-10,29H,1-2H3,(H2,23,30,31)(H,24,26,27)/t9-,10+/m1/s1. The van der Waals surface area contributed by atoms with Crippen molar-refractivity contribution in [2.45, 2.75) is 37.1 Å². The summed E-state index contributed by atoms with van der Waals surface area (Å²) in [6, 6.07) is 2.21. The van der Waals surface area contributed by atoms with Crippen LogP contribution in [0.15, 0.2) is 41.7 Å². The molecule has 0 unspecified atom stereocenters. The highest BCUT2D eigenvalue weighted by Crippen LogP contribution is 2.36. The minimum Gasteiger partial charge on any atom is -0.391 e. The molecule has 0 amide bonds. The number of nitrogens with zero attached hydrogens (tertiary/aromatic N) is 4. The van der Waals surface area contributed by atoms with Crippen molar-refractivity contribution in [2.24, 2.45) is 5.14 Å². The van der Waals surface area contributed by atoms with Crippen molar-refractivity contribution in [3.05, 3.63) is 48.2 Å². The molecule has 1 aromatic carbocycles. The van der Waals surface area contributed by atoms with Crippen molar-refractivity contribution in [1.29, 1.82) is 0 Å². The number of aliphatic hydroxyl groups excluding tert-OH is 1. The largest absolute Gasteiger partial charge is 0.419 e. The Morgan fingerprint density at radius 1 is 1.22 bits per heavy atom. The number of nitrogens with one attached hydrogen (secondary N) is 1. The highest BCUT2D eigenvalue weighted by Gasteiger charge is 2.36. The highest BCUT2D eigenvalue weighted by atomic mass is 32.2. The van der Waals surface area contributed by atoms with Gasteiger partial charge in [0, 0.05) is 18.0 Å². The van der Waals surface area contributed by atoms with E-state index in [2.05, 4.69) is 20.4 Å². The summed E-state index contributed by atoms with van der Waals surface area (Å²) in [6.45, 7) is 3.14. The third-order valence-corrected chi connectivity index (χ3v) is 5.51. The summed E-state index contributed by atoms with van der Waals surface area (Å²) in [5.74, 6) is -1.40. The van der Waals surface area contributed by atoms with Crippen LogP contribution in [0.25, 0.3) is 11.3 Å². The number of aliphatic hydroxyl groups is 1. The lowest BCUT2D eigenvalue weighted by atomic mass is 10.1. The van der Waals surface area contributed by atoms with Crippen molar-refractivity contribution in [2.75, 3.05) is 5.32 Å². The van der Waals surface area contributed by atoms with Crippen LogP contribution in [0.1, 0.15) is 25.5 Å². The first-order chi connectivity index (χ1) is 14.8. The molecule has 0 fully saturated rings. The first-order valence-electron chi connectivity index (χ1n) is 9.03. The first kappa shape index (κ1) is 23.6. The average Bonchev–Trinajstić information content (AvgIpc) is 3.17.